The molecule has 1 aromatic heterocycles. The molecule has 1 N–H and O–H groups in total. The van der Waals surface area contributed by atoms with Crippen LogP contribution in [0.15, 0.2) is 0 Å². The van der Waals surface area contributed by atoms with Crippen LogP contribution in [0.4, 0.5) is 0 Å². The molecule has 1 heterocycles. The fraction of sp³-hybridized carbons (Fsp3) is 0.667. The summed E-state index contributed by atoms with van der Waals surface area (Å²) in [6.45, 7) is 5.96. The van der Waals surface area contributed by atoms with Crippen molar-refractivity contribution in [2.45, 2.75) is 33.2 Å². The van der Waals surface area contributed by atoms with Crippen LogP contribution in [0.2, 0.25) is 5.02 Å². The number of hydrogen-bond acceptors (Lipinski definition) is 3. The Labute approximate surface area is 112 Å². The summed E-state index contributed by atoms with van der Waals surface area (Å²) in [7, 11) is 1.87. The van der Waals surface area contributed by atoms with Gasteiger partial charge in [-0.3, -0.25) is 14.4 Å². The van der Waals surface area contributed by atoms with Crippen molar-refractivity contribution in [1.29, 1.82) is 0 Å². The topological polar surface area (TPSA) is 58.4 Å². The summed E-state index contributed by atoms with van der Waals surface area (Å²) in [6, 6.07) is 0. The first-order valence-corrected chi connectivity index (χ1v) is 6.51. The van der Waals surface area contributed by atoms with Crippen LogP contribution in [-0.4, -0.2) is 38.8 Å². The minimum Gasteiger partial charge on any atom is -0.481 e. The Morgan fingerprint density at radius 3 is 2.61 bits per heavy atom. The van der Waals surface area contributed by atoms with Crippen molar-refractivity contribution in [1.82, 2.24) is 14.7 Å². The normalized spacial score (nSPS) is 11.2. The standard InChI is InChI=1S/C12H20ClN3O2/c1-4-9-12(13)10(15(3)14-9)8-16(5-2)7-6-11(17)18/h4-8H2,1-3H3,(H,17,18). The Hall–Kier alpha value is -1.07. The van der Waals surface area contributed by atoms with Gasteiger partial charge in [0.2, 0.25) is 0 Å². The van der Waals surface area contributed by atoms with E-state index in [2.05, 4.69) is 10.00 Å². The Balaban J connectivity index is 2.75. The van der Waals surface area contributed by atoms with Gasteiger partial charge in [-0.15, -0.1) is 0 Å². The number of carboxylic acid groups (broad SMARTS) is 1. The molecule has 5 nitrogen and oxygen atoms in total. The number of carboxylic acids is 1. The highest BCUT2D eigenvalue weighted by molar-refractivity contribution is 6.31. The fourth-order valence-electron chi connectivity index (χ4n) is 1.81. The van der Waals surface area contributed by atoms with Crippen LogP contribution in [0.25, 0.3) is 0 Å². The van der Waals surface area contributed by atoms with Crippen LogP contribution in [0, 0.1) is 0 Å². The molecule has 1 aromatic rings. The zero-order valence-corrected chi connectivity index (χ0v) is 11.9. The predicted octanol–water partition coefficient (Wildman–Crippen LogP) is 1.93. The molecular weight excluding hydrogens is 254 g/mol. The number of aromatic nitrogens is 2. The molecule has 0 bridgehead atoms. The second-order valence-corrected chi connectivity index (χ2v) is 4.58. The lowest BCUT2D eigenvalue weighted by Crippen LogP contribution is -2.26. The van der Waals surface area contributed by atoms with Crippen molar-refractivity contribution in [2.75, 3.05) is 13.1 Å². The van der Waals surface area contributed by atoms with Crippen molar-refractivity contribution < 1.29 is 9.90 Å². The first kappa shape index (κ1) is 15.0. The molecule has 102 valence electrons. The molecule has 6 heteroatoms. The number of rotatable bonds is 7. The zero-order valence-electron chi connectivity index (χ0n) is 11.1. The maximum atomic E-state index is 10.6. The number of halogens is 1. The largest absolute Gasteiger partial charge is 0.481 e. The molecule has 0 aromatic carbocycles. The Morgan fingerprint density at radius 1 is 1.50 bits per heavy atom. The van der Waals surface area contributed by atoms with Crippen molar-refractivity contribution in [3.63, 3.8) is 0 Å². The van der Waals surface area contributed by atoms with E-state index < -0.39 is 5.97 Å². The molecule has 0 saturated carbocycles. The van der Waals surface area contributed by atoms with Crippen molar-refractivity contribution in [3.8, 4) is 0 Å². The minimum absolute atomic E-state index is 0.143. The fourth-order valence-corrected chi connectivity index (χ4v) is 2.16. The summed E-state index contributed by atoms with van der Waals surface area (Å²) in [6.07, 6.45) is 0.942. The molecule has 0 aliphatic carbocycles. The minimum atomic E-state index is -0.779. The highest BCUT2D eigenvalue weighted by Crippen LogP contribution is 2.22. The SMILES string of the molecule is CCc1nn(C)c(CN(CC)CCC(=O)O)c1Cl. The highest BCUT2D eigenvalue weighted by Gasteiger charge is 2.16. The lowest BCUT2D eigenvalue weighted by Gasteiger charge is -2.19. The number of aliphatic carboxylic acids is 1. The van der Waals surface area contributed by atoms with Crippen LogP contribution >= 0.6 is 11.6 Å². The molecule has 0 fully saturated rings. The molecule has 0 atom stereocenters. The lowest BCUT2D eigenvalue weighted by molar-refractivity contribution is -0.137. The summed E-state index contributed by atoms with van der Waals surface area (Å²) in [5, 5.41) is 13.8. The molecule has 0 unspecified atom stereocenters. The molecule has 0 aliphatic rings. The molecule has 0 saturated heterocycles. The third-order valence-electron chi connectivity index (χ3n) is 2.97. The third kappa shape index (κ3) is 3.71. The van der Waals surface area contributed by atoms with E-state index >= 15 is 0 Å². The monoisotopic (exact) mass is 273 g/mol. The molecule has 1 rings (SSSR count). The van der Waals surface area contributed by atoms with Gasteiger partial charge in [-0.05, 0) is 13.0 Å². The van der Waals surface area contributed by atoms with Gasteiger partial charge in [-0.1, -0.05) is 25.4 Å². The Morgan fingerprint density at radius 2 is 2.17 bits per heavy atom. The van der Waals surface area contributed by atoms with Crippen LogP contribution in [0.1, 0.15) is 31.7 Å². The summed E-state index contributed by atoms with van der Waals surface area (Å²) >= 11 is 6.27. The smallest absolute Gasteiger partial charge is 0.304 e. The van der Waals surface area contributed by atoms with Crippen LogP contribution < -0.4 is 0 Å². The Bertz CT molecular complexity index is 418. The average molecular weight is 274 g/mol. The summed E-state index contributed by atoms with van der Waals surface area (Å²) in [5.41, 5.74) is 1.84. The van der Waals surface area contributed by atoms with Gasteiger partial charge in [0.05, 0.1) is 22.8 Å². The van der Waals surface area contributed by atoms with Crippen molar-refractivity contribution in [2.24, 2.45) is 7.05 Å². The van der Waals surface area contributed by atoms with Crippen molar-refractivity contribution >= 4 is 17.6 Å². The van der Waals surface area contributed by atoms with Crippen LogP contribution in [0.3, 0.4) is 0 Å². The van der Waals surface area contributed by atoms with E-state index in [0.717, 1.165) is 24.4 Å². The van der Waals surface area contributed by atoms with Crippen molar-refractivity contribution in [3.05, 3.63) is 16.4 Å². The third-order valence-corrected chi connectivity index (χ3v) is 3.40. The number of carbonyl (C=O) groups is 1. The Kier molecular flexibility index (Phi) is 5.62. The van der Waals surface area contributed by atoms with E-state index in [1.165, 1.54) is 0 Å². The summed E-state index contributed by atoms with van der Waals surface area (Å²) in [5.74, 6) is -0.779. The van der Waals surface area contributed by atoms with Gasteiger partial charge < -0.3 is 5.11 Å². The van der Waals surface area contributed by atoms with E-state index in [1.807, 2.05) is 20.9 Å². The van der Waals surface area contributed by atoms with E-state index in [4.69, 9.17) is 16.7 Å². The molecule has 0 spiro atoms. The van der Waals surface area contributed by atoms with Crippen LogP contribution in [-0.2, 0) is 24.8 Å². The van der Waals surface area contributed by atoms with Gasteiger partial charge in [0, 0.05) is 20.1 Å². The molecule has 0 aliphatic heterocycles. The molecule has 0 amide bonds. The first-order valence-electron chi connectivity index (χ1n) is 6.13. The molecule has 0 radical (unpaired) electrons. The van der Waals surface area contributed by atoms with Gasteiger partial charge in [0.15, 0.2) is 0 Å². The van der Waals surface area contributed by atoms with Gasteiger partial charge in [0.1, 0.15) is 0 Å². The second kappa shape index (κ2) is 6.75. The summed E-state index contributed by atoms with van der Waals surface area (Å²) in [4.78, 5) is 12.6. The second-order valence-electron chi connectivity index (χ2n) is 4.20. The van der Waals surface area contributed by atoms with Gasteiger partial charge in [-0.2, -0.15) is 5.10 Å². The van der Waals surface area contributed by atoms with Gasteiger partial charge in [-0.25, -0.2) is 0 Å². The molecule has 18 heavy (non-hydrogen) atoms. The predicted molar refractivity (Wildman–Crippen MR) is 70.8 cm³/mol. The van der Waals surface area contributed by atoms with E-state index in [0.29, 0.717) is 18.1 Å². The number of nitrogens with zero attached hydrogens (tertiary/aromatic N) is 3. The lowest BCUT2D eigenvalue weighted by atomic mass is 10.2. The summed E-state index contributed by atoms with van der Waals surface area (Å²) < 4.78 is 1.78. The maximum Gasteiger partial charge on any atom is 0.304 e. The van der Waals surface area contributed by atoms with E-state index in [1.54, 1.807) is 4.68 Å². The van der Waals surface area contributed by atoms with E-state index in [-0.39, 0.29) is 6.42 Å². The van der Waals surface area contributed by atoms with Gasteiger partial charge >= 0.3 is 5.97 Å². The first-order chi connectivity index (χ1) is 8.49. The van der Waals surface area contributed by atoms with Gasteiger partial charge in [0.25, 0.3) is 0 Å². The quantitative estimate of drug-likeness (QED) is 0.825. The number of hydrogen-bond donors (Lipinski definition) is 1. The van der Waals surface area contributed by atoms with Crippen LogP contribution in [0.5, 0.6) is 0 Å². The zero-order chi connectivity index (χ0) is 13.7. The maximum absolute atomic E-state index is 10.6. The number of aryl methyl sites for hydroxylation is 2. The highest BCUT2D eigenvalue weighted by atomic mass is 35.5. The average Bonchev–Trinajstić information content (AvgIpc) is 2.60. The molecular formula is C12H20ClN3O2. The van der Waals surface area contributed by atoms with E-state index in [9.17, 15) is 4.79 Å².